The number of ether oxygens (including phenoxy) is 1. The average molecular weight is 992 g/mol. The van der Waals surface area contributed by atoms with E-state index in [2.05, 4.69) is 62.5 Å². The quantitative estimate of drug-likeness (QED) is 0.0212. The first-order valence-electron chi connectivity index (χ1n) is 28.9. The Bertz CT molecular complexity index is 1330. The fourth-order valence-corrected chi connectivity index (χ4v) is 8.96. The summed E-state index contributed by atoms with van der Waals surface area (Å²) in [6.45, 7) is 6.80. The molecule has 0 saturated heterocycles. The number of carbonyl (C=O) groups excluding carboxylic acids is 2. The fraction of sp³-hybridized carbons (Fsp3) is 0.831. The summed E-state index contributed by atoms with van der Waals surface area (Å²) in [5.41, 5.74) is 0. The van der Waals surface area contributed by atoms with Crippen LogP contribution < -0.4 is 10.2 Å². The lowest BCUT2D eigenvalue weighted by Crippen LogP contribution is -2.47. The Morgan fingerprint density at radius 3 is 1.35 bits per heavy atom. The monoisotopic (exact) mass is 991 g/mol. The maximum atomic E-state index is 13.5. The highest BCUT2D eigenvalue weighted by Gasteiger charge is 2.27. The van der Waals surface area contributed by atoms with Gasteiger partial charge in [0.25, 0.3) is 7.82 Å². The number of quaternary nitrogens is 1. The van der Waals surface area contributed by atoms with E-state index in [1.54, 1.807) is 0 Å². The van der Waals surface area contributed by atoms with Crippen molar-refractivity contribution in [1.29, 1.82) is 0 Å². The predicted octanol–water partition coefficient (Wildman–Crippen LogP) is 16.7. The first-order chi connectivity index (χ1) is 33.4. The third-order valence-electron chi connectivity index (χ3n) is 12.8. The molecular formula is C59H111N2O7P. The number of nitrogens with one attached hydrogen (secondary N) is 1. The Morgan fingerprint density at radius 2 is 0.884 bits per heavy atom. The predicted molar refractivity (Wildman–Crippen MR) is 293 cm³/mol. The molecule has 0 saturated carbocycles. The van der Waals surface area contributed by atoms with Crippen molar-refractivity contribution in [3.05, 3.63) is 48.6 Å². The molecule has 3 atom stereocenters. The van der Waals surface area contributed by atoms with Crippen LogP contribution in [0.15, 0.2) is 48.6 Å². The van der Waals surface area contributed by atoms with Gasteiger partial charge in [-0.15, -0.1) is 0 Å². The molecule has 1 amide bonds. The first-order valence-corrected chi connectivity index (χ1v) is 30.4. The number of rotatable bonds is 52. The van der Waals surface area contributed by atoms with Crippen LogP contribution in [0.4, 0.5) is 0 Å². The summed E-state index contributed by atoms with van der Waals surface area (Å²) in [7, 11) is 1.17. The summed E-state index contributed by atoms with van der Waals surface area (Å²) in [5, 5.41) is 3.01. The molecule has 0 bridgehead atoms. The van der Waals surface area contributed by atoms with Gasteiger partial charge in [0.1, 0.15) is 19.3 Å². The van der Waals surface area contributed by atoms with Crippen molar-refractivity contribution in [2.24, 2.45) is 0 Å². The molecule has 69 heavy (non-hydrogen) atoms. The van der Waals surface area contributed by atoms with E-state index in [-0.39, 0.29) is 24.9 Å². The van der Waals surface area contributed by atoms with Gasteiger partial charge >= 0.3 is 5.97 Å². The van der Waals surface area contributed by atoms with E-state index in [0.717, 1.165) is 77.0 Å². The molecule has 404 valence electrons. The topological polar surface area (TPSA) is 114 Å². The minimum Gasteiger partial charge on any atom is -0.756 e. The van der Waals surface area contributed by atoms with Crippen molar-refractivity contribution in [2.45, 2.75) is 277 Å². The van der Waals surface area contributed by atoms with Crippen LogP contribution in [0.25, 0.3) is 0 Å². The second-order valence-corrected chi connectivity index (χ2v) is 22.2. The van der Waals surface area contributed by atoms with Crippen LogP contribution in [0.2, 0.25) is 0 Å². The summed E-state index contributed by atoms with van der Waals surface area (Å²) in [6.07, 6.45) is 59.2. The Labute approximate surface area is 427 Å². The lowest BCUT2D eigenvalue weighted by atomic mass is 10.0. The third kappa shape index (κ3) is 50.7. The van der Waals surface area contributed by atoms with Crippen LogP contribution in [0.3, 0.4) is 0 Å². The van der Waals surface area contributed by atoms with Crippen molar-refractivity contribution < 1.29 is 37.3 Å². The number of nitrogens with zero attached hydrogens (tertiary/aromatic N) is 1. The number of unbranched alkanes of at least 4 members (excludes halogenated alkanes) is 30. The lowest BCUT2D eigenvalue weighted by molar-refractivity contribution is -0.870. The maximum Gasteiger partial charge on any atom is 0.306 e. The molecule has 0 aliphatic carbocycles. The normalized spacial score (nSPS) is 14.1. The van der Waals surface area contributed by atoms with E-state index < -0.39 is 26.6 Å². The van der Waals surface area contributed by atoms with Crippen molar-refractivity contribution in [1.82, 2.24) is 5.32 Å². The molecule has 0 radical (unpaired) electrons. The zero-order chi connectivity index (χ0) is 50.8. The van der Waals surface area contributed by atoms with Crippen LogP contribution in [-0.2, 0) is 27.9 Å². The standard InChI is InChI=1S/C59H111N2O7P/c1-7-10-13-16-19-22-25-28-30-31-32-33-36-39-42-45-48-51-58(62)60-56(55-67-69(64,65)66-54-53-61(4,5)6)57(50-47-44-41-38-35-27-24-21-18-15-12-9-3)68-59(63)52-49-46-43-40-37-34-29-26-23-20-17-14-11-8-2/h19,22,28,30,32-33,47,50,56-57H,7-18,20-21,23-27,29,31,34-46,48-49,51-55H2,1-6H3,(H-,60,62,64,65)/b22-19-,30-28-,33-32-,50-47+. The van der Waals surface area contributed by atoms with E-state index in [4.69, 9.17) is 13.8 Å². The van der Waals surface area contributed by atoms with Gasteiger partial charge in [-0.2, -0.15) is 0 Å². The largest absolute Gasteiger partial charge is 0.756 e. The molecule has 1 N–H and O–H groups in total. The SMILES string of the molecule is CCCCC/C=C\C/C=C\C/C=C\CCCCCCC(=O)NC(COP(=O)([O-])OCC[N+](C)(C)C)C(/C=C/CCCCCCCCCCCC)OC(=O)CCCCCCCCCCCCCCCC. The van der Waals surface area contributed by atoms with E-state index in [1.165, 1.54) is 148 Å². The molecule has 0 aliphatic heterocycles. The van der Waals surface area contributed by atoms with E-state index >= 15 is 0 Å². The number of allylic oxidation sites excluding steroid dienone is 7. The maximum absolute atomic E-state index is 13.5. The van der Waals surface area contributed by atoms with Crippen LogP contribution >= 0.6 is 7.82 Å². The van der Waals surface area contributed by atoms with Crippen LogP contribution in [0.5, 0.6) is 0 Å². The van der Waals surface area contributed by atoms with Crippen molar-refractivity contribution in [3.63, 3.8) is 0 Å². The highest BCUT2D eigenvalue weighted by Crippen LogP contribution is 2.38. The van der Waals surface area contributed by atoms with Gasteiger partial charge in [0.2, 0.25) is 5.91 Å². The van der Waals surface area contributed by atoms with Gasteiger partial charge in [-0.25, -0.2) is 0 Å². The molecule has 0 aromatic rings. The summed E-state index contributed by atoms with van der Waals surface area (Å²) >= 11 is 0. The van der Waals surface area contributed by atoms with E-state index in [0.29, 0.717) is 23.9 Å². The number of likely N-dealkylation sites (N-methyl/N-ethyl adjacent to an activating group) is 1. The minimum atomic E-state index is -4.70. The average Bonchev–Trinajstić information content (AvgIpc) is 3.31. The molecular weight excluding hydrogens is 880 g/mol. The van der Waals surface area contributed by atoms with Gasteiger partial charge in [-0.1, -0.05) is 230 Å². The summed E-state index contributed by atoms with van der Waals surface area (Å²) in [6, 6.07) is -0.896. The number of phosphoric ester groups is 1. The molecule has 3 unspecified atom stereocenters. The highest BCUT2D eigenvalue weighted by molar-refractivity contribution is 7.45. The van der Waals surface area contributed by atoms with Gasteiger partial charge in [-0.3, -0.25) is 14.2 Å². The zero-order valence-corrected chi connectivity index (χ0v) is 46.9. The second-order valence-electron chi connectivity index (χ2n) is 20.8. The van der Waals surface area contributed by atoms with Crippen molar-refractivity contribution in [3.8, 4) is 0 Å². The Hall–Kier alpha value is -2.03. The molecule has 0 aromatic carbocycles. The number of carbonyl (C=O) groups is 2. The number of phosphoric acid groups is 1. The zero-order valence-electron chi connectivity index (χ0n) is 46.0. The molecule has 10 heteroatoms. The van der Waals surface area contributed by atoms with E-state index in [1.807, 2.05) is 33.3 Å². The molecule has 9 nitrogen and oxygen atoms in total. The Morgan fingerprint density at radius 1 is 0.507 bits per heavy atom. The van der Waals surface area contributed by atoms with Gasteiger partial charge in [0.15, 0.2) is 0 Å². The summed E-state index contributed by atoms with van der Waals surface area (Å²) in [4.78, 5) is 39.8. The van der Waals surface area contributed by atoms with Gasteiger partial charge in [0.05, 0.1) is 33.8 Å². The Balaban J connectivity index is 5.37. The fourth-order valence-electron chi connectivity index (χ4n) is 8.23. The number of hydrogen-bond donors (Lipinski definition) is 1. The molecule has 0 aliphatic rings. The molecule has 0 spiro atoms. The van der Waals surface area contributed by atoms with Gasteiger partial charge in [-0.05, 0) is 70.3 Å². The summed E-state index contributed by atoms with van der Waals surface area (Å²) in [5.74, 6) is -0.560. The second kappa shape index (κ2) is 49.5. The molecule has 0 fully saturated rings. The third-order valence-corrected chi connectivity index (χ3v) is 13.7. The smallest absolute Gasteiger partial charge is 0.306 e. The van der Waals surface area contributed by atoms with Gasteiger partial charge < -0.3 is 28.5 Å². The highest BCUT2D eigenvalue weighted by atomic mass is 31.2. The van der Waals surface area contributed by atoms with Crippen LogP contribution in [0, 0.1) is 0 Å². The first kappa shape index (κ1) is 67.0. The molecule has 0 aromatic heterocycles. The van der Waals surface area contributed by atoms with Crippen LogP contribution in [0.1, 0.15) is 265 Å². The minimum absolute atomic E-state index is 0.0262. The van der Waals surface area contributed by atoms with Crippen LogP contribution in [-0.4, -0.2) is 69.4 Å². The summed E-state index contributed by atoms with van der Waals surface area (Å²) < 4.78 is 30.2. The Kier molecular flexibility index (Phi) is 48.1. The van der Waals surface area contributed by atoms with E-state index in [9.17, 15) is 19.0 Å². The number of amides is 1. The van der Waals surface area contributed by atoms with Crippen molar-refractivity contribution in [2.75, 3.05) is 40.9 Å². The number of hydrogen-bond acceptors (Lipinski definition) is 7. The van der Waals surface area contributed by atoms with Gasteiger partial charge in [0, 0.05) is 12.8 Å². The molecule has 0 rings (SSSR count). The molecule has 0 heterocycles. The van der Waals surface area contributed by atoms with Crippen molar-refractivity contribution >= 4 is 19.7 Å². The lowest BCUT2D eigenvalue weighted by Gasteiger charge is -2.30. The number of esters is 1.